The topological polar surface area (TPSA) is 35.6 Å². The van der Waals surface area contributed by atoms with Crippen LogP contribution in [0.4, 0.5) is 8.78 Å². The van der Waals surface area contributed by atoms with Gasteiger partial charge in [-0.15, -0.1) is 0 Å². The van der Waals surface area contributed by atoms with Crippen LogP contribution in [0, 0.1) is 11.6 Å². The third-order valence-corrected chi connectivity index (χ3v) is 12.1. The lowest BCUT2D eigenvalue weighted by molar-refractivity contribution is 0.519. The monoisotopic (exact) mass is 808 g/mol. The Bertz CT molecular complexity index is 2610. The molecule has 0 spiro atoms. The second-order valence-corrected chi connectivity index (χ2v) is 16.9. The highest BCUT2D eigenvalue weighted by molar-refractivity contribution is 7.98. The number of hydrogen-bond donors (Lipinski definition) is 0. The van der Waals surface area contributed by atoms with Crippen LogP contribution in [-0.4, -0.2) is 19.1 Å². The standard InChI is InChI=1S/C48H39ClF2N4S2/c1-48(2,38-20-16-33(17-21-38)31-56-46-52-44(36-10-5-3-6-11-36)29-54(46)42-15-9-14-40(50)26-42)28-35-24-41(51)27-43(25-35)55-30-45(37-12-7-4-8-13-37)53-47(55)57-32-34-18-22-39(49)23-19-34/h3-27,29-30H,28,31-32H2,1-2H3. The molecule has 0 N–H and O–H groups in total. The highest BCUT2D eigenvalue weighted by atomic mass is 35.5. The zero-order valence-corrected chi connectivity index (χ0v) is 33.8. The van der Waals surface area contributed by atoms with Gasteiger partial charge in [0.25, 0.3) is 0 Å². The molecule has 0 aliphatic carbocycles. The van der Waals surface area contributed by atoms with Gasteiger partial charge in [-0.2, -0.15) is 0 Å². The van der Waals surface area contributed by atoms with Crippen molar-refractivity contribution in [3.05, 3.63) is 203 Å². The van der Waals surface area contributed by atoms with Gasteiger partial charge in [-0.1, -0.05) is 152 Å². The fraction of sp³-hybridized carbons (Fsp3) is 0.125. The molecule has 8 rings (SSSR count). The molecule has 0 bridgehead atoms. The molecular weight excluding hydrogens is 770 g/mol. The maximum absolute atomic E-state index is 15.5. The van der Waals surface area contributed by atoms with Crippen LogP contribution in [0.3, 0.4) is 0 Å². The lowest BCUT2D eigenvalue weighted by atomic mass is 9.79. The molecule has 0 atom stereocenters. The molecule has 4 nitrogen and oxygen atoms in total. The zero-order chi connectivity index (χ0) is 39.4. The summed E-state index contributed by atoms with van der Waals surface area (Å²) in [4.78, 5) is 9.96. The van der Waals surface area contributed by atoms with E-state index in [-0.39, 0.29) is 17.0 Å². The van der Waals surface area contributed by atoms with Crippen molar-refractivity contribution in [2.24, 2.45) is 0 Å². The lowest BCUT2D eigenvalue weighted by Crippen LogP contribution is -2.20. The first-order valence-corrected chi connectivity index (χ1v) is 21.0. The van der Waals surface area contributed by atoms with E-state index in [2.05, 4.69) is 44.2 Å². The second kappa shape index (κ2) is 17.0. The number of thioether (sulfide) groups is 2. The van der Waals surface area contributed by atoms with E-state index < -0.39 is 0 Å². The number of hydrogen-bond acceptors (Lipinski definition) is 4. The minimum absolute atomic E-state index is 0.286. The molecule has 0 saturated heterocycles. The largest absolute Gasteiger partial charge is 0.294 e. The number of nitrogens with zero attached hydrogens (tertiary/aromatic N) is 4. The minimum Gasteiger partial charge on any atom is -0.294 e. The van der Waals surface area contributed by atoms with E-state index in [4.69, 9.17) is 21.6 Å². The zero-order valence-electron chi connectivity index (χ0n) is 31.4. The van der Waals surface area contributed by atoms with Crippen molar-refractivity contribution < 1.29 is 8.78 Å². The van der Waals surface area contributed by atoms with Crippen LogP contribution in [0.1, 0.15) is 36.1 Å². The fourth-order valence-electron chi connectivity index (χ4n) is 6.84. The molecule has 284 valence electrons. The summed E-state index contributed by atoms with van der Waals surface area (Å²) in [5.41, 5.74) is 9.14. The van der Waals surface area contributed by atoms with Gasteiger partial charge >= 0.3 is 0 Å². The van der Waals surface area contributed by atoms with Crippen molar-refractivity contribution in [3.8, 4) is 33.9 Å². The van der Waals surface area contributed by atoms with Gasteiger partial charge in [-0.3, -0.25) is 9.13 Å². The van der Waals surface area contributed by atoms with Gasteiger partial charge in [0, 0.05) is 40.0 Å². The van der Waals surface area contributed by atoms with Crippen LogP contribution in [0.5, 0.6) is 0 Å². The first-order chi connectivity index (χ1) is 27.7. The number of benzene rings is 6. The molecule has 0 aliphatic heterocycles. The molecular formula is C48H39ClF2N4S2. The summed E-state index contributed by atoms with van der Waals surface area (Å²) >= 11 is 9.35. The highest BCUT2D eigenvalue weighted by Gasteiger charge is 2.23. The van der Waals surface area contributed by atoms with Crippen molar-refractivity contribution in [2.75, 3.05) is 0 Å². The molecule has 2 heterocycles. The molecule has 0 unspecified atom stereocenters. The van der Waals surface area contributed by atoms with Crippen LogP contribution < -0.4 is 0 Å². The lowest BCUT2D eigenvalue weighted by Gasteiger charge is -2.26. The maximum atomic E-state index is 15.5. The molecule has 8 aromatic rings. The van der Waals surface area contributed by atoms with Crippen LogP contribution in [0.25, 0.3) is 33.9 Å². The van der Waals surface area contributed by atoms with Crippen LogP contribution in [-0.2, 0) is 23.3 Å². The first-order valence-electron chi connectivity index (χ1n) is 18.6. The molecule has 6 aromatic carbocycles. The predicted octanol–water partition coefficient (Wildman–Crippen LogP) is 13.4. The van der Waals surface area contributed by atoms with E-state index in [1.54, 1.807) is 41.7 Å². The van der Waals surface area contributed by atoms with E-state index >= 15 is 4.39 Å². The second-order valence-electron chi connectivity index (χ2n) is 14.5. The van der Waals surface area contributed by atoms with E-state index in [1.165, 1.54) is 12.1 Å². The molecule has 9 heteroatoms. The van der Waals surface area contributed by atoms with Gasteiger partial charge in [0.05, 0.1) is 22.8 Å². The van der Waals surface area contributed by atoms with Gasteiger partial charge in [0.15, 0.2) is 10.3 Å². The van der Waals surface area contributed by atoms with E-state index in [0.717, 1.165) is 66.5 Å². The SMILES string of the molecule is CC(C)(Cc1cc(F)cc(-n2cc(-c3ccccc3)nc2SCc2ccc(Cl)cc2)c1)c1ccc(CSc2nc(-c3ccccc3)cn2-c2cccc(F)c2)cc1. The summed E-state index contributed by atoms with van der Waals surface area (Å²) in [6.45, 7) is 4.39. The fourth-order valence-corrected chi connectivity index (χ4v) is 8.86. The Hall–Kier alpha value is -5.41. The molecule has 57 heavy (non-hydrogen) atoms. The van der Waals surface area contributed by atoms with Crippen molar-refractivity contribution in [3.63, 3.8) is 0 Å². The average Bonchev–Trinajstić information content (AvgIpc) is 3.86. The van der Waals surface area contributed by atoms with Gasteiger partial charge in [0.1, 0.15) is 11.6 Å². The first kappa shape index (κ1) is 38.5. The highest BCUT2D eigenvalue weighted by Crippen LogP contribution is 2.34. The van der Waals surface area contributed by atoms with Crippen molar-refractivity contribution in [2.45, 2.75) is 47.5 Å². The number of imidazole rings is 2. The van der Waals surface area contributed by atoms with Crippen LogP contribution in [0.2, 0.25) is 5.02 Å². The van der Waals surface area contributed by atoms with Gasteiger partial charge in [-0.25, -0.2) is 18.7 Å². The molecule has 0 aliphatic rings. The number of aromatic nitrogens is 4. The Balaban J connectivity index is 1.01. The van der Waals surface area contributed by atoms with Crippen molar-refractivity contribution in [1.29, 1.82) is 0 Å². The Labute approximate surface area is 345 Å². The van der Waals surface area contributed by atoms with Gasteiger partial charge in [0.2, 0.25) is 0 Å². The number of halogens is 3. The summed E-state index contributed by atoms with van der Waals surface area (Å²) in [5, 5.41) is 2.26. The normalized spacial score (nSPS) is 11.6. The molecule has 0 radical (unpaired) electrons. The van der Waals surface area contributed by atoms with Crippen molar-refractivity contribution in [1.82, 2.24) is 19.1 Å². The van der Waals surface area contributed by atoms with E-state index in [1.807, 2.05) is 113 Å². The third kappa shape index (κ3) is 9.26. The summed E-state index contributed by atoms with van der Waals surface area (Å²) in [5.74, 6) is 0.792. The molecule has 0 amide bonds. The Morgan fingerprint density at radius 3 is 1.63 bits per heavy atom. The Kier molecular flexibility index (Phi) is 11.5. The average molecular weight is 809 g/mol. The summed E-state index contributed by atoms with van der Waals surface area (Å²) in [6, 6.07) is 48.3. The third-order valence-electron chi connectivity index (χ3n) is 9.82. The van der Waals surface area contributed by atoms with Gasteiger partial charge < -0.3 is 0 Å². The Morgan fingerprint density at radius 2 is 1.07 bits per heavy atom. The molecule has 0 saturated carbocycles. The van der Waals surface area contributed by atoms with Gasteiger partial charge in [-0.05, 0) is 82.6 Å². The summed E-state index contributed by atoms with van der Waals surface area (Å²) in [7, 11) is 0. The van der Waals surface area contributed by atoms with Crippen LogP contribution in [0.15, 0.2) is 174 Å². The maximum Gasteiger partial charge on any atom is 0.173 e. The van der Waals surface area contributed by atoms with Crippen LogP contribution >= 0.6 is 35.1 Å². The minimum atomic E-state index is -0.293. The Morgan fingerprint density at radius 1 is 0.544 bits per heavy atom. The predicted molar refractivity (Wildman–Crippen MR) is 232 cm³/mol. The molecule has 2 aromatic heterocycles. The van der Waals surface area contributed by atoms with E-state index in [9.17, 15) is 4.39 Å². The van der Waals surface area contributed by atoms with Crippen molar-refractivity contribution >= 4 is 35.1 Å². The number of rotatable bonds is 13. The van der Waals surface area contributed by atoms with E-state index in [0.29, 0.717) is 22.9 Å². The quantitative estimate of drug-likeness (QED) is 0.109. The summed E-state index contributed by atoms with van der Waals surface area (Å²) in [6.07, 6.45) is 4.59. The summed E-state index contributed by atoms with van der Waals surface area (Å²) < 4.78 is 33.7. The molecule has 0 fully saturated rings. The smallest absolute Gasteiger partial charge is 0.173 e.